The molecular weight excluding hydrogens is 544 g/mol. The van der Waals surface area contributed by atoms with Crippen LogP contribution in [-0.4, -0.2) is 61.5 Å². The fourth-order valence-electron chi connectivity index (χ4n) is 3.98. The second kappa shape index (κ2) is 14.9. The highest BCUT2D eigenvalue weighted by molar-refractivity contribution is 6.09. The molecule has 222 valence electrons. The Bertz CT molecular complexity index is 1430. The van der Waals surface area contributed by atoms with Crippen molar-refractivity contribution < 1.29 is 42.7 Å². The lowest BCUT2D eigenvalue weighted by Crippen LogP contribution is -2.08. The van der Waals surface area contributed by atoms with E-state index in [0.29, 0.717) is 57.2 Å². The van der Waals surface area contributed by atoms with Gasteiger partial charge in [0.2, 0.25) is 5.91 Å². The van der Waals surface area contributed by atoms with Crippen molar-refractivity contribution >= 4 is 29.1 Å². The molecule has 1 amide bonds. The van der Waals surface area contributed by atoms with Crippen LogP contribution in [0.1, 0.15) is 15.9 Å². The summed E-state index contributed by atoms with van der Waals surface area (Å²) in [6.07, 6.45) is 5.73. The lowest BCUT2D eigenvalue weighted by atomic mass is 10.1. The van der Waals surface area contributed by atoms with E-state index in [1.807, 2.05) is 0 Å². The summed E-state index contributed by atoms with van der Waals surface area (Å²) in [5, 5.41) is 5.83. The van der Waals surface area contributed by atoms with Crippen LogP contribution in [0.25, 0.3) is 6.08 Å². The van der Waals surface area contributed by atoms with Gasteiger partial charge in [-0.1, -0.05) is 0 Å². The summed E-state index contributed by atoms with van der Waals surface area (Å²) in [6, 6.07) is 11.6. The number of benzene rings is 3. The number of nitrogens with one attached hydrogen (secondary N) is 2. The number of amides is 1. The second-order valence-corrected chi connectivity index (χ2v) is 8.43. The number of ketones is 1. The molecule has 0 unspecified atom stereocenters. The molecular formula is C31H34N2O9. The number of rotatable bonds is 14. The van der Waals surface area contributed by atoms with Crippen molar-refractivity contribution in [2.45, 2.75) is 0 Å². The van der Waals surface area contributed by atoms with Crippen molar-refractivity contribution in [1.29, 1.82) is 0 Å². The van der Waals surface area contributed by atoms with E-state index in [9.17, 15) is 9.59 Å². The molecule has 42 heavy (non-hydrogen) atoms. The minimum Gasteiger partial charge on any atom is -0.496 e. The van der Waals surface area contributed by atoms with Crippen molar-refractivity contribution in [3.8, 4) is 40.2 Å². The third-order valence-corrected chi connectivity index (χ3v) is 6.06. The van der Waals surface area contributed by atoms with Crippen LogP contribution in [-0.2, 0) is 4.79 Å². The van der Waals surface area contributed by atoms with Crippen LogP contribution in [0.3, 0.4) is 0 Å². The minimum atomic E-state index is -0.393. The van der Waals surface area contributed by atoms with Gasteiger partial charge >= 0.3 is 0 Å². The van der Waals surface area contributed by atoms with Gasteiger partial charge in [-0.3, -0.25) is 9.59 Å². The number of allylic oxidation sites excluding steroid dienone is 1. The van der Waals surface area contributed by atoms with Gasteiger partial charge in [0.05, 0.1) is 61.0 Å². The zero-order chi connectivity index (χ0) is 30.6. The van der Waals surface area contributed by atoms with Gasteiger partial charge in [0.1, 0.15) is 45.8 Å². The third-order valence-electron chi connectivity index (χ3n) is 6.06. The summed E-state index contributed by atoms with van der Waals surface area (Å²) in [4.78, 5) is 25.8. The molecule has 0 spiro atoms. The predicted molar refractivity (Wildman–Crippen MR) is 160 cm³/mol. The van der Waals surface area contributed by atoms with Crippen LogP contribution >= 0.6 is 0 Å². The number of ether oxygens (including phenoxy) is 7. The number of carbonyl (C=O) groups excluding carboxylic acids is 2. The lowest BCUT2D eigenvalue weighted by Gasteiger charge is -2.13. The van der Waals surface area contributed by atoms with E-state index in [2.05, 4.69) is 10.6 Å². The van der Waals surface area contributed by atoms with Gasteiger partial charge in [0.15, 0.2) is 5.78 Å². The Hall–Kier alpha value is -5.32. The van der Waals surface area contributed by atoms with E-state index in [-0.39, 0.29) is 11.3 Å². The Labute approximate surface area is 244 Å². The highest BCUT2D eigenvalue weighted by Crippen LogP contribution is 2.36. The normalized spacial score (nSPS) is 10.7. The molecule has 2 N–H and O–H groups in total. The number of hydrogen-bond donors (Lipinski definition) is 2. The first-order valence-electron chi connectivity index (χ1n) is 12.6. The van der Waals surface area contributed by atoms with Crippen molar-refractivity contribution in [3.05, 3.63) is 71.9 Å². The molecule has 0 aromatic heterocycles. The molecule has 0 bridgehead atoms. The van der Waals surface area contributed by atoms with E-state index in [1.54, 1.807) is 48.5 Å². The van der Waals surface area contributed by atoms with Crippen LogP contribution in [0.5, 0.6) is 40.2 Å². The summed E-state index contributed by atoms with van der Waals surface area (Å²) in [6.45, 7) is 0. The molecule has 0 aliphatic carbocycles. The smallest absolute Gasteiger partial charge is 0.248 e. The zero-order valence-electron chi connectivity index (χ0n) is 24.5. The molecule has 0 saturated carbocycles. The first-order chi connectivity index (χ1) is 20.3. The summed E-state index contributed by atoms with van der Waals surface area (Å²) < 4.78 is 37.5. The molecule has 11 heteroatoms. The maximum absolute atomic E-state index is 13.0. The molecule has 0 radical (unpaired) electrons. The zero-order valence-corrected chi connectivity index (χ0v) is 24.5. The Morgan fingerprint density at radius 2 is 1.14 bits per heavy atom. The van der Waals surface area contributed by atoms with Gasteiger partial charge in [-0.25, -0.2) is 0 Å². The van der Waals surface area contributed by atoms with Crippen LogP contribution in [0.4, 0.5) is 11.4 Å². The van der Waals surface area contributed by atoms with Crippen molar-refractivity contribution in [1.82, 2.24) is 0 Å². The molecule has 0 aliphatic rings. The number of anilines is 2. The van der Waals surface area contributed by atoms with Crippen molar-refractivity contribution in [2.24, 2.45) is 0 Å². The summed E-state index contributed by atoms with van der Waals surface area (Å²) >= 11 is 0. The largest absolute Gasteiger partial charge is 0.496 e. The Morgan fingerprint density at radius 1 is 0.619 bits per heavy atom. The molecule has 3 rings (SSSR count). The molecule has 3 aromatic carbocycles. The summed E-state index contributed by atoms with van der Waals surface area (Å²) in [5.74, 6) is 2.36. The predicted octanol–water partition coefficient (Wildman–Crippen LogP) is 5.21. The average molecular weight is 579 g/mol. The molecule has 3 aromatic rings. The van der Waals surface area contributed by atoms with Crippen molar-refractivity contribution in [2.75, 3.05) is 60.4 Å². The number of carbonyl (C=O) groups is 2. The van der Waals surface area contributed by atoms with E-state index in [1.165, 1.54) is 68.1 Å². The minimum absolute atomic E-state index is 0.240. The third kappa shape index (κ3) is 7.45. The molecule has 0 atom stereocenters. The molecule has 0 aliphatic heterocycles. The Kier molecular flexibility index (Phi) is 11.1. The second-order valence-electron chi connectivity index (χ2n) is 8.43. The Balaban J connectivity index is 1.78. The summed E-state index contributed by atoms with van der Waals surface area (Å²) in [7, 11) is 10.5. The lowest BCUT2D eigenvalue weighted by molar-refractivity contribution is -0.111. The van der Waals surface area contributed by atoms with E-state index in [4.69, 9.17) is 33.2 Å². The van der Waals surface area contributed by atoms with Crippen molar-refractivity contribution in [3.63, 3.8) is 0 Å². The van der Waals surface area contributed by atoms with Gasteiger partial charge in [-0.15, -0.1) is 0 Å². The van der Waals surface area contributed by atoms with Gasteiger partial charge in [-0.2, -0.15) is 0 Å². The fraction of sp³-hybridized carbons (Fsp3) is 0.226. The van der Waals surface area contributed by atoms with Crippen LogP contribution in [0.15, 0.2) is 60.8 Å². The van der Waals surface area contributed by atoms with Gasteiger partial charge in [-0.05, 0) is 24.3 Å². The summed E-state index contributed by atoms with van der Waals surface area (Å²) in [5.41, 5.74) is 1.81. The highest BCUT2D eigenvalue weighted by atomic mass is 16.5. The van der Waals surface area contributed by atoms with Crippen LogP contribution in [0, 0.1) is 0 Å². The van der Waals surface area contributed by atoms with E-state index >= 15 is 0 Å². The van der Waals surface area contributed by atoms with Crippen LogP contribution in [0.2, 0.25) is 0 Å². The first kappa shape index (κ1) is 31.2. The molecule has 0 saturated heterocycles. The van der Waals surface area contributed by atoms with Gasteiger partial charge in [0.25, 0.3) is 0 Å². The maximum atomic E-state index is 13.0. The van der Waals surface area contributed by atoms with Crippen LogP contribution < -0.4 is 43.8 Å². The maximum Gasteiger partial charge on any atom is 0.248 e. The number of methoxy groups -OCH3 is 7. The fourth-order valence-corrected chi connectivity index (χ4v) is 3.98. The topological polar surface area (TPSA) is 123 Å². The Morgan fingerprint density at radius 3 is 1.64 bits per heavy atom. The first-order valence-corrected chi connectivity index (χ1v) is 12.6. The quantitative estimate of drug-likeness (QED) is 0.195. The van der Waals surface area contributed by atoms with Gasteiger partial charge < -0.3 is 43.8 Å². The molecule has 0 fully saturated rings. The monoisotopic (exact) mass is 578 g/mol. The molecule has 11 nitrogen and oxygen atoms in total. The average Bonchev–Trinajstić information content (AvgIpc) is 3.02. The van der Waals surface area contributed by atoms with E-state index in [0.717, 1.165) is 0 Å². The highest BCUT2D eigenvalue weighted by Gasteiger charge is 2.19. The molecule has 0 heterocycles. The standard InChI is InChI=1S/C31H34N2O9/c1-36-20-15-26(39-4)22(27(16-20)40-5)9-11-30(35)33-19-8-10-25(38-3)23(14-19)32-13-12-24(34)31-28(41-6)17-21(37-2)18-29(31)42-7/h8-18,32H,1-7H3,(H,33,35)/b11-9+,13-12+. The van der Waals surface area contributed by atoms with E-state index < -0.39 is 5.91 Å². The van der Waals surface area contributed by atoms with Gasteiger partial charge in [0, 0.05) is 48.3 Å². The SMILES string of the molecule is COc1cc(OC)c(/C=C/C(=O)Nc2ccc(OC)c(N/C=C/C(=O)c3c(OC)cc(OC)cc3OC)c2)c(OC)c1. The number of hydrogen-bond acceptors (Lipinski definition) is 10.